The highest BCUT2D eigenvalue weighted by molar-refractivity contribution is 6.81. The second-order valence-electron chi connectivity index (χ2n) is 5.48. The molecule has 30 heavy (non-hydrogen) atoms. The molecule has 0 amide bonds. The van der Waals surface area contributed by atoms with E-state index in [4.69, 9.17) is 127 Å². The van der Waals surface area contributed by atoms with Crippen molar-refractivity contribution in [2.75, 3.05) is 19.8 Å². The van der Waals surface area contributed by atoms with Crippen LogP contribution in [0.15, 0.2) is 0 Å². The zero-order chi connectivity index (χ0) is 23.4. The predicted octanol–water partition coefficient (Wildman–Crippen LogP) is 4.47. The lowest BCUT2D eigenvalue weighted by atomic mass is 10.5. The van der Waals surface area contributed by atoms with Gasteiger partial charge in [-0.15, -0.1) is 0 Å². The molecule has 1 fully saturated rings. The molecule has 0 N–H and O–H groups in total. The van der Waals surface area contributed by atoms with Gasteiger partial charge in [0.05, 0.1) is 19.3 Å². The fourth-order valence-electron chi connectivity index (χ4n) is 1.58. The molecule has 0 bridgehead atoms. The lowest BCUT2D eigenvalue weighted by molar-refractivity contribution is -0.149. The molecule has 0 aromatic heterocycles. The maximum atomic E-state index is 12.1. The van der Waals surface area contributed by atoms with Crippen molar-refractivity contribution in [3.8, 4) is 0 Å². The van der Waals surface area contributed by atoms with E-state index in [0.717, 1.165) is 0 Å². The minimum atomic E-state index is -4.80. The van der Waals surface area contributed by atoms with Crippen LogP contribution in [-0.4, -0.2) is 64.0 Å². The Balaban J connectivity index is 3.10. The average Bonchev–Trinajstić information content (AvgIpc) is 3.35. The number of alkyl halides is 9. The van der Waals surface area contributed by atoms with E-state index >= 15 is 0 Å². The third-order valence-electron chi connectivity index (χ3n) is 2.92. The number of halogens is 9. The van der Waals surface area contributed by atoms with Crippen LogP contribution in [0.3, 0.4) is 0 Å². The maximum absolute atomic E-state index is 12.1. The van der Waals surface area contributed by atoms with Gasteiger partial charge in [0, 0.05) is 6.61 Å². The SMILES string of the molecule is O=C(O[Si](CCCOCC1CO1)(OC(=O)C(Cl)(Cl)Cl)OC(=O)C(Cl)(Cl)Cl)C(Cl)(Cl)Cl. The third kappa shape index (κ3) is 10.9. The van der Waals surface area contributed by atoms with Crippen LogP contribution in [0, 0.1) is 0 Å². The van der Waals surface area contributed by atoms with Crippen LogP contribution in [0.1, 0.15) is 6.42 Å². The first kappa shape index (κ1) is 29.2. The molecule has 0 aromatic carbocycles. The Morgan fingerprint density at radius 1 is 0.800 bits per heavy atom. The maximum Gasteiger partial charge on any atom is 0.705 e. The van der Waals surface area contributed by atoms with Gasteiger partial charge >= 0.3 is 26.7 Å². The van der Waals surface area contributed by atoms with Gasteiger partial charge in [-0.05, 0) is 6.42 Å². The Hall–Kier alpha value is 1.16. The Bertz CT molecular complexity index is 572. The van der Waals surface area contributed by atoms with Crippen LogP contribution < -0.4 is 0 Å². The predicted molar refractivity (Wildman–Crippen MR) is 115 cm³/mol. The molecular weight excluding hydrogens is 619 g/mol. The minimum Gasteiger partial charge on any atom is -0.452 e. The number of hydrogen-bond donors (Lipinski definition) is 0. The van der Waals surface area contributed by atoms with Gasteiger partial charge in [-0.2, -0.15) is 0 Å². The van der Waals surface area contributed by atoms with E-state index in [1.165, 1.54) is 0 Å². The molecule has 0 saturated carbocycles. The van der Waals surface area contributed by atoms with Gasteiger partial charge in [0.1, 0.15) is 6.10 Å². The lowest BCUT2D eigenvalue weighted by Crippen LogP contribution is -2.54. The van der Waals surface area contributed by atoms with Gasteiger partial charge in [0.2, 0.25) is 0 Å². The number of ether oxygens (including phenoxy) is 2. The van der Waals surface area contributed by atoms with Crippen LogP contribution in [0.2, 0.25) is 6.04 Å². The summed E-state index contributed by atoms with van der Waals surface area (Å²) in [5.41, 5.74) is 0. The molecule has 1 saturated heterocycles. The minimum absolute atomic E-state index is 0.00630. The van der Waals surface area contributed by atoms with Crippen molar-refractivity contribution in [2.24, 2.45) is 0 Å². The van der Waals surface area contributed by atoms with Gasteiger partial charge in [-0.1, -0.05) is 104 Å². The van der Waals surface area contributed by atoms with Gasteiger partial charge in [0.15, 0.2) is 0 Å². The molecule has 0 aliphatic carbocycles. The van der Waals surface area contributed by atoms with Crippen molar-refractivity contribution in [2.45, 2.75) is 29.9 Å². The summed E-state index contributed by atoms with van der Waals surface area (Å²) >= 11 is 49.2. The molecule has 18 heteroatoms. The van der Waals surface area contributed by atoms with E-state index < -0.39 is 44.1 Å². The molecule has 0 spiro atoms. The van der Waals surface area contributed by atoms with Crippen LogP contribution >= 0.6 is 104 Å². The molecule has 0 aromatic rings. The second kappa shape index (κ2) is 11.5. The largest absolute Gasteiger partial charge is 0.705 e. The van der Waals surface area contributed by atoms with Gasteiger partial charge in [-0.25, -0.2) is 14.4 Å². The van der Waals surface area contributed by atoms with E-state index in [2.05, 4.69) is 0 Å². The first-order chi connectivity index (χ1) is 13.5. The monoisotopic (exact) mass is 626 g/mol. The topological polar surface area (TPSA) is 101 Å². The van der Waals surface area contributed by atoms with Crippen LogP contribution in [0.5, 0.6) is 0 Å². The molecule has 1 heterocycles. The zero-order valence-corrected chi connectivity index (χ0v) is 22.1. The van der Waals surface area contributed by atoms with Gasteiger partial charge in [-0.3, -0.25) is 0 Å². The first-order valence-corrected chi connectivity index (χ1v) is 12.9. The zero-order valence-electron chi connectivity index (χ0n) is 14.3. The van der Waals surface area contributed by atoms with Crippen molar-refractivity contribution >= 4 is 131 Å². The van der Waals surface area contributed by atoms with Crippen molar-refractivity contribution in [3.63, 3.8) is 0 Å². The van der Waals surface area contributed by atoms with E-state index in [-0.39, 0.29) is 25.7 Å². The summed E-state index contributed by atoms with van der Waals surface area (Å²) in [7, 11) is -4.80. The molecule has 1 rings (SSSR count). The number of hydrogen-bond acceptors (Lipinski definition) is 8. The van der Waals surface area contributed by atoms with E-state index in [1.807, 2.05) is 0 Å². The fourth-order valence-corrected chi connectivity index (χ4v) is 4.83. The molecule has 1 unspecified atom stereocenters. The lowest BCUT2D eigenvalue weighted by Gasteiger charge is -2.30. The van der Waals surface area contributed by atoms with Crippen molar-refractivity contribution in [1.82, 2.24) is 0 Å². The highest BCUT2D eigenvalue weighted by Gasteiger charge is 2.59. The van der Waals surface area contributed by atoms with Crippen molar-refractivity contribution in [1.29, 1.82) is 0 Å². The standard InChI is InChI=1S/C12H11Cl9O8Si/c13-10(14,15)7(22)27-30(28-8(23)11(16,17)18,29-9(24)12(19,20)21)3-1-2-25-4-6-5-26-6/h6H,1-5H2. The van der Waals surface area contributed by atoms with Crippen molar-refractivity contribution in [3.05, 3.63) is 0 Å². The quantitative estimate of drug-likeness (QED) is 0.159. The Labute approximate surface area is 216 Å². The smallest absolute Gasteiger partial charge is 0.452 e. The first-order valence-electron chi connectivity index (χ1n) is 7.56. The Kier molecular flexibility index (Phi) is 11.2. The summed E-state index contributed by atoms with van der Waals surface area (Å²) in [5, 5.41) is 0. The average molecular weight is 630 g/mol. The Morgan fingerprint density at radius 2 is 1.17 bits per heavy atom. The number of carbonyl (C=O) groups is 3. The second-order valence-corrected chi connectivity index (χ2v) is 14.8. The van der Waals surface area contributed by atoms with Gasteiger partial charge < -0.3 is 22.8 Å². The van der Waals surface area contributed by atoms with E-state index in [0.29, 0.717) is 6.61 Å². The van der Waals surface area contributed by atoms with E-state index in [9.17, 15) is 14.4 Å². The van der Waals surface area contributed by atoms with Gasteiger partial charge in [0.25, 0.3) is 11.4 Å². The number of carbonyl (C=O) groups excluding carboxylic acids is 3. The number of rotatable bonds is 9. The van der Waals surface area contributed by atoms with Crippen LogP contribution in [0.4, 0.5) is 0 Å². The molecule has 1 aliphatic heterocycles. The van der Waals surface area contributed by atoms with Crippen LogP contribution in [0.25, 0.3) is 0 Å². The molecule has 1 atom stereocenters. The summed E-state index contributed by atoms with van der Waals surface area (Å²) in [6, 6.07) is -0.440. The third-order valence-corrected chi connectivity index (χ3v) is 6.76. The Morgan fingerprint density at radius 3 is 1.47 bits per heavy atom. The van der Waals surface area contributed by atoms with Crippen molar-refractivity contribution < 1.29 is 37.1 Å². The summed E-state index contributed by atoms with van der Waals surface area (Å²) in [4.78, 5) is 36.4. The highest BCUT2D eigenvalue weighted by Crippen LogP contribution is 2.36. The molecule has 8 nitrogen and oxygen atoms in total. The summed E-state index contributed by atoms with van der Waals surface area (Å²) in [6.07, 6.45) is -0.0228. The van der Waals surface area contributed by atoms with E-state index in [1.54, 1.807) is 0 Å². The molecule has 0 radical (unpaired) electrons. The molecule has 174 valence electrons. The summed E-state index contributed by atoms with van der Waals surface area (Å²) in [5.74, 6) is -4.66. The normalized spacial score (nSPS) is 17.3. The highest BCUT2D eigenvalue weighted by atomic mass is 35.6. The fraction of sp³-hybridized carbons (Fsp3) is 0.750. The van der Waals surface area contributed by atoms with Crippen LogP contribution in [-0.2, 0) is 37.1 Å². The molecular formula is C12H11Cl9O8Si. The number of epoxide rings is 1. The summed E-state index contributed by atoms with van der Waals surface area (Å²) < 4.78 is 17.2. The molecule has 1 aliphatic rings. The summed E-state index contributed by atoms with van der Waals surface area (Å²) in [6.45, 7) is 0.877.